The van der Waals surface area contributed by atoms with Crippen LogP contribution in [0.3, 0.4) is 0 Å². The first kappa shape index (κ1) is 22.5. The molecule has 1 amide bonds. The van der Waals surface area contributed by atoms with Crippen molar-refractivity contribution in [3.8, 4) is 11.8 Å². The van der Waals surface area contributed by atoms with E-state index in [1.165, 1.54) is 12.1 Å². The van der Waals surface area contributed by atoms with Gasteiger partial charge in [0.05, 0.1) is 30.9 Å². The van der Waals surface area contributed by atoms with Crippen LogP contribution >= 0.6 is 0 Å². The molecule has 2 N–H and O–H groups in total. The lowest BCUT2D eigenvalue weighted by atomic mass is 9.98. The highest BCUT2D eigenvalue weighted by Crippen LogP contribution is 2.30. The van der Waals surface area contributed by atoms with Crippen molar-refractivity contribution in [1.29, 1.82) is 5.26 Å². The lowest BCUT2D eigenvalue weighted by Gasteiger charge is -2.28. The Hall–Kier alpha value is -3.18. The largest absolute Gasteiger partial charge is 0.466 e. The fourth-order valence-corrected chi connectivity index (χ4v) is 4.18. The van der Waals surface area contributed by atoms with Crippen molar-refractivity contribution >= 4 is 17.7 Å². The zero-order valence-electron chi connectivity index (χ0n) is 18.1. The number of aromatic nitrogens is 1. The van der Waals surface area contributed by atoms with E-state index in [4.69, 9.17) is 4.74 Å². The molecule has 0 radical (unpaired) electrons. The maximum Gasteiger partial charge on any atom is 0.314 e. The molecule has 2 atom stereocenters. The maximum absolute atomic E-state index is 13.8. The number of piperidine rings is 1. The van der Waals surface area contributed by atoms with Gasteiger partial charge >= 0.3 is 5.97 Å². The van der Waals surface area contributed by atoms with E-state index < -0.39 is 5.82 Å². The number of carbonyl (C=O) groups is 2. The topological polar surface area (TPSA) is 88.6 Å². The van der Waals surface area contributed by atoms with E-state index >= 15 is 0 Å². The fourth-order valence-electron chi connectivity index (χ4n) is 4.18. The standard InChI is InChI=1S/C23H27FN4O3/c1-4-31-23(30)17-7-6-10-27(13-17)14-21(29)26-22-20(12-25)15(2)16(3)28(22)19-9-5-8-18(24)11-19/h5,8-9,11,17H,4,6-7,10,13-14H2,1-3H3,(H,26,29)/p+1/t17-/m1/s1. The molecule has 164 valence electrons. The summed E-state index contributed by atoms with van der Waals surface area (Å²) in [5, 5.41) is 12.5. The number of ether oxygens (including phenoxy) is 1. The number of amides is 1. The Balaban J connectivity index is 1.81. The van der Waals surface area contributed by atoms with Crippen LogP contribution in [0.5, 0.6) is 0 Å². The molecule has 7 nitrogen and oxygen atoms in total. The number of rotatable bonds is 6. The van der Waals surface area contributed by atoms with E-state index in [1.54, 1.807) is 30.5 Å². The first-order chi connectivity index (χ1) is 14.8. The number of halogens is 1. The molecule has 1 aliphatic heterocycles. The summed E-state index contributed by atoms with van der Waals surface area (Å²) in [4.78, 5) is 25.9. The van der Waals surface area contributed by atoms with Crippen LogP contribution in [-0.4, -0.2) is 42.7 Å². The zero-order chi connectivity index (χ0) is 22.5. The summed E-state index contributed by atoms with van der Waals surface area (Å²) >= 11 is 0. The minimum Gasteiger partial charge on any atom is -0.466 e. The SMILES string of the molecule is CCOC(=O)[C@@H]1CCC[NH+](CC(=O)Nc2c(C#N)c(C)c(C)n2-c2cccc(F)c2)C1. The molecule has 1 aliphatic rings. The lowest BCUT2D eigenvalue weighted by molar-refractivity contribution is -0.899. The van der Waals surface area contributed by atoms with Crippen molar-refractivity contribution < 1.29 is 23.6 Å². The van der Waals surface area contributed by atoms with E-state index in [0.29, 0.717) is 30.2 Å². The van der Waals surface area contributed by atoms with Gasteiger partial charge in [0.1, 0.15) is 23.6 Å². The van der Waals surface area contributed by atoms with Crippen molar-refractivity contribution in [3.05, 3.63) is 46.9 Å². The van der Waals surface area contributed by atoms with Crippen LogP contribution in [0.2, 0.25) is 0 Å². The van der Waals surface area contributed by atoms with E-state index in [2.05, 4.69) is 11.4 Å². The van der Waals surface area contributed by atoms with Gasteiger partial charge in [-0.3, -0.25) is 14.2 Å². The number of anilines is 1. The molecule has 0 saturated carbocycles. The minimum atomic E-state index is -0.401. The van der Waals surface area contributed by atoms with Gasteiger partial charge in [-0.05, 0) is 57.4 Å². The van der Waals surface area contributed by atoms with Crippen LogP contribution in [-0.2, 0) is 14.3 Å². The van der Waals surface area contributed by atoms with Crippen LogP contribution in [0.15, 0.2) is 24.3 Å². The number of quaternary nitrogens is 1. The van der Waals surface area contributed by atoms with Crippen LogP contribution in [0.4, 0.5) is 10.2 Å². The number of benzene rings is 1. The summed E-state index contributed by atoms with van der Waals surface area (Å²) in [6.45, 7) is 7.27. The summed E-state index contributed by atoms with van der Waals surface area (Å²) in [7, 11) is 0. The van der Waals surface area contributed by atoms with Gasteiger partial charge in [-0.25, -0.2) is 4.39 Å². The highest BCUT2D eigenvalue weighted by molar-refractivity contribution is 5.93. The molecule has 1 saturated heterocycles. The van der Waals surface area contributed by atoms with Crippen molar-refractivity contribution in [2.24, 2.45) is 5.92 Å². The molecule has 0 spiro atoms. The maximum atomic E-state index is 13.8. The Morgan fingerprint density at radius 2 is 2.16 bits per heavy atom. The number of carbonyl (C=O) groups excluding carboxylic acids is 2. The Morgan fingerprint density at radius 1 is 1.39 bits per heavy atom. The second kappa shape index (κ2) is 9.75. The average Bonchev–Trinajstić information content (AvgIpc) is 2.97. The zero-order valence-corrected chi connectivity index (χ0v) is 18.1. The highest BCUT2D eigenvalue weighted by Gasteiger charge is 2.31. The molecule has 1 unspecified atom stereocenters. The third-order valence-electron chi connectivity index (χ3n) is 5.80. The number of likely N-dealkylation sites (tertiary alicyclic amines) is 1. The molecule has 3 rings (SSSR count). The number of hydrogen-bond acceptors (Lipinski definition) is 4. The number of esters is 1. The highest BCUT2D eigenvalue weighted by atomic mass is 19.1. The molecule has 2 aromatic rings. The quantitative estimate of drug-likeness (QED) is 0.690. The molecule has 1 fully saturated rings. The summed E-state index contributed by atoms with van der Waals surface area (Å²) in [6, 6.07) is 8.18. The number of hydrogen-bond donors (Lipinski definition) is 2. The summed E-state index contributed by atoms with van der Waals surface area (Å²) < 4.78 is 20.7. The molecule has 1 aromatic carbocycles. The normalized spacial score (nSPS) is 18.3. The van der Waals surface area contributed by atoms with Crippen LogP contribution in [0, 0.1) is 36.9 Å². The number of nitrogens with one attached hydrogen (secondary N) is 2. The van der Waals surface area contributed by atoms with Crippen molar-refractivity contribution in [2.75, 3.05) is 31.6 Å². The summed E-state index contributed by atoms with van der Waals surface area (Å²) in [5.41, 5.74) is 2.37. The molecule has 2 heterocycles. The third kappa shape index (κ3) is 4.94. The van der Waals surface area contributed by atoms with E-state index in [9.17, 15) is 19.2 Å². The Kier molecular flexibility index (Phi) is 7.08. The lowest BCUT2D eigenvalue weighted by Crippen LogP contribution is -3.14. The van der Waals surface area contributed by atoms with Crippen LogP contribution in [0.1, 0.15) is 36.6 Å². The second-order valence-corrected chi connectivity index (χ2v) is 7.88. The van der Waals surface area contributed by atoms with Gasteiger partial charge in [-0.2, -0.15) is 5.26 Å². The molecular weight excluding hydrogens is 399 g/mol. The van der Waals surface area contributed by atoms with Gasteiger partial charge < -0.3 is 15.0 Å². The van der Waals surface area contributed by atoms with E-state index in [-0.39, 0.29) is 24.3 Å². The van der Waals surface area contributed by atoms with E-state index in [0.717, 1.165) is 35.5 Å². The smallest absolute Gasteiger partial charge is 0.314 e. The predicted molar refractivity (Wildman–Crippen MR) is 113 cm³/mol. The Bertz CT molecular complexity index is 1020. The fraction of sp³-hybridized carbons (Fsp3) is 0.435. The monoisotopic (exact) mass is 427 g/mol. The number of nitriles is 1. The van der Waals surface area contributed by atoms with Crippen LogP contribution < -0.4 is 10.2 Å². The first-order valence-corrected chi connectivity index (χ1v) is 10.5. The number of nitrogens with zero attached hydrogens (tertiary/aromatic N) is 2. The summed E-state index contributed by atoms with van der Waals surface area (Å²) in [6.07, 6.45) is 1.61. The average molecular weight is 428 g/mol. The van der Waals surface area contributed by atoms with Crippen LogP contribution in [0.25, 0.3) is 5.69 Å². The molecule has 0 aliphatic carbocycles. The summed E-state index contributed by atoms with van der Waals surface area (Å²) in [5.74, 6) is -0.732. The second-order valence-electron chi connectivity index (χ2n) is 7.88. The Morgan fingerprint density at radius 3 is 2.84 bits per heavy atom. The third-order valence-corrected chi connectivity index (χ3v) is 5.80. The van der Waals surface area contributed by atoms with Gasteiger partial charge in [0.2, 0.25) is 0 Å². The van der Waals surface area contributed by atoms with E-state index in [1.807, 2.05) is 6.92 Å². The Labute approximate surface area is 181 Å². The van der Waals surface area contributed by atoms with Gasteiger partial charge in [-0.1, -0.05) is 6.07 Å². The van der Waals surface area contributed by atoms with Gasteiger partial charge in [0.15, 0.2) is 6.54 Å². The molecule has 0 bridgehead atoms. The van der Waals surface area contributed by atoms with Gasteiger partial charge in [-0.15, -0.1) is 0 Å². The molecular formula is C23H28FN4O3+. The first-order valence-electron chi connectivity index (χ1n) is 10.5. The molecule has 1 aromatic heterocycles. The van der Waals surface area contributed by atoms with Gasteiger partial charge in [0, 0.05) is 5.69 Å². The van der Waals surface area contributed by atoms with Crippen molar-refractivity contribution in [2.45, 2.75) is 33.6 Å². The van der Waals surface area contributed by atoms with Crippen molar-refractivity contribution in [1.82, 2.24) is 4.57 Å². The molecule has 8 heteroatoms. The molecule has 31 heavy (non-hydrogen) atoms. The minimum absolute atomic E-state index is 0.174. The van der Waals surface area contributed by atoms with Crippen molar-refractivity contribution in [3.63, 3.8) is 0 Å². The van der Waals surface area contributed by atoms with Gasteiger partial charge in [0.25, 0.3) is 5.91 Å². The predicted octanol–water partition coefficient (Wildman–Crippen LogP) is 1.90.